The van der Waals surface area contributed by atoms with E-state index in [-0.39, 0.29) is 17.9 Å². The molecule has 0 bridgehead atoms. The number of nitrogens with two attached hydrogens (primary N) is 1. The number of carbonyl (C=O) groups excluding carboxylic acids is 1. The standard InChI is InChI=1S/C18H29N3O/c1-14-7-6-11-21(13-14)12-10-20-18(22)15(2)17(19)16-8-4-3-5-9-16/h3-5,8-9,14-15,17H,6-7,10-13,19H2,1-2H3,(H,20,22). The lowest BCUT2D eigenvalue weighted by Crippen LogP contribution is -2.42. The number of hydrogen-bond donors (Lipinski definition) is 2. The van der Waals surface area contributed by atoms with E-state index in [2.05, 4.69) is 17.1 Å². The summed E-state index contributed by atoms with van der Waals surface area (Å²) in [6.45, 7) is 8.14. The molecule has 1 aliphatic rings. The summed E-state index contributed by atoms with van der Waals surface area (Å²) in [5.74, 6) is 0.596. The van der Waals surface area contributed by atoms with Crippen LogP contribution in [0.2, 0.25) is 0 Å². The lowest BCUT2D eigenvalue weighted by atomic mass is 9.95. The molecular weight excluding hydrogens is 274 g/mol. The van der Waals surface area contributed by atoms with Crippen LogP contribution in [0.15, 0.2) is 30.3 Å². The van der Waals surface area contributed by atoms with Gasteiger partial charge in [-0.3, -0.25) is 4.79 Å². The van der Waals surface area contributed by atoms with Crippen LogP contribution in [0, 0.1) is 11.8 Å². The summed E-state index contributed by atoms with van der Waals surface area (Å²) in [7, 11) is 0. The molecule has 0 spiro atoms. The monoisotopic (exact) mass is 303 g/mol. The van der Waals surface area contributed by atoms with Gasteiger partial charge in [-0.05, 0) is 30.9 Å². The van der Waals surface area contributed by atoms with Gasteiger partial charge in [0.2, 0.25) is 5.91 Å². The number of nitrogens with zero attached hydrogens (tertiary/aromatic N) is 1. The van der Waals surface area contributed by atoms with E-state index in [1.54, 1.807) is 0 Å². The second-order valence-corrected chi connectivity index (χ2v) is 6.56. The van der Waals surface area contributed by atoms with Crippen molar-refractivity contribution in [2.45, 2.75) is 32.7 Å². The van der Waals surface area contributed by atoms with Crippen LogP contribution < -0.4 is 11.1 Å². The predicted molar refractivity (Wildman–Crippen MR) is 90.4 cm³/mol. The van der Waals surface area contributed by atoms with E-state index in [0.717, 1.165) is 31.1 Å². The molecule has 0 saturated carbocycles. The molecule has 122 valence electrons. The van der Waals surface area contributed by atoms with Gasteiger partial charge in [-0.25, -0.2) is 0 Å². The van der Waals surface area contributed by atoms with Gasteiger partial charge in [0.15, 0.2) is 0 Å². The Morgan fingerprint density at radius 1 is 1.41 bits per heavy atom. The smallest absolute Gasteiger partial charge is 0.224 e. The molecule has 4 nitrogen and oxygen atoms in total. The van der Waals surface area contributed by atoms with Gasteiger partial charge >= 0.3 is 0 Å². The topological polar surface area (TPSA) is 58.4 Å². The second kappa shape index (κ2) is 8.30. The Morgan fingerprint density at radius 2 is 2.14 bits per heavy atom. The van der Waals surface area contributed by atoms with Gasteiger partial charge < -0.3 is 16.0 Å². The van der Waals surface area contributed by atoms with E-state index in [1.165, 1.54) is 12.8 Å². The summed E-state index contributed by atoms with van der Waals surface area (Å²) in [5.41, 5.74) is 7.21. The van der Waals surface area contributed by atoms with Gasteiger partial charge in [-0.15, -0.1) is 0 Å². The fourth-order valence-electron chi connectivity index (χ4n) is 3.12. The summed E-state index contributed by atoms with van der Waals surface area (Å²) < 4.78 is 0. The molecule has 1 saturated heterocycles. The van der Waals surface area contributed by atoms with Gasteiger partial charge in [0.1, 0.15) is 0 Å². The third-order valence-electron chi connectivity index (χ3n) is 4.61. The van der Waals surface area contributed by atoms with Crippen molar-refractivity contribution in [3.63, 3.8) is 0 Å². The van der Waals surface area contributed by atoms with E-state index in [0.29, 0.717) is 6.54 Å². The largest absolute Gasteiger partial charge is 0.355 e. The van der Waals surface area contributed by atoms with Crippen molar-refractivity contribution in [1.82, 2.24) is 10.2 Å². The highest BCUT2D eigenvalue weighted by Gasteiger charge is 2.22. The zero-order valence-corrected chi connectivity index (χ0v) is 13.8. The third-order valence-corrected chi connectivity index (χ3v) is 4.61. The first-order chi connectivity index (χ1) is 10.6. The summed E-state index contributed by atoms with van der Waals surface area (Å²) in [4.78, 5) is 14.7. The average Bonchev–Trinajstić information content (AvgIpc) is 2.54. The maximum Gasteiger partial charge on any atom is 0.224 e. The quantitative estimate of drug-likeness (QED) is 0.847. The van der Waals surface area contributed by atoms with Crippen molar-refractivity contribution in [3.05, 3.63) is 35.9 Å². The number of benzene rings is 1. The van der Waals surface area contributed by atoms with Gasteiger partial charge in [-0.2, -0.15) is 0 Å². The van der Waals surface area contributed by atoms with Crippen LogP contribution in [0.5, 0.6) is 0 Å². The van der Waals surface area contributed by atoms with Crippen LogP contribution in [-0.4, -0.2) is 37.0 Å². The normalized spacial score (nSPS) is 22.0. The van der Waals surface area contributed by atoms with Crippen molar-refractivity contribution in [2.24, 2.45) is 17.6 Å². The Kier molecular flexibility index (Phi) is 6.40. The van der Waals surface area contributed by atoms with E-state index in [9.17, 15) is 4.79 Å². The predicted octanol–water partition coefficient (Wildman–Crippen LogP) is 2.17. The number of piperidine rings is 1. The second-order valence-electron chi connectivity index (χ2n) is 6.56. The van der Waals surface area contributed by atoms with Crippen LogP contribution in [0.4, 0.5) is 0 Å². The molecule has 3 N–H and O–H groups in total. The molecule has 1 aromatic rings. The number of carbonyl (C=O) groups is 1. The molecule has 0 aliphatic carbocycles. The molecule has 0 aromatic heterocycles. The summed E-state index contributed by atoms with van der Waals surface area (Å²) >= 11 is 0. The molecule has 1 amide bonds. The number of rotatable bonds is 6. The van der Waals surface area contributed by atoms with Crippen LogP contribution in [0.1, 0.15) is 38.3 Å². The van der Waals surface area contributed by atoms with Gasteiger partial charge in [-0.1, -0.05) is 44.2 Å². The highest BCUT2D eigenvalue weighted by molar-refractivity contribution is 5.79. The highest BCUT2D eigenvalue weighted by atomic mass is 16.1. The van der Waals surface area contributed by atoms with E-state index >= 15 is 0 Å². The lowest BCUT2D eigenvalue weighted by Gasteiger charge is -2.31. The summed E-state index contributed by atoms with van der Waals surface area (Å²) in [6.07, 6.45) is 2.59. The minimum atomic E-state index is -0.254. The molecule has 3 unspecified atom stereocenters. The molecule has 1 heterocycles. The first-order valence-corrected chi connectivity index (χ1v) is 8.38. The summed E-state index contributed by atoms with van der Waals surface area (Å²) in [5, 5.41) is 3.03. The number of likely N-dealkylation sites (tertiary alicyclic amines) is 1. The Balaban J connectivity index is 1.74. The van der Waals surface area contributed by atoms with Crippen molar-refractivity contribution in [2.75, 3.05) is 26.2 Å². The Bertz CT molecular complexity index is 463. The van der Waals surface area contributed by atoms with E-state index in [4.69, 9.17) is 5.73 Å². The number of nitrogens with one attached hydrogen (secondary N) is 1. The van der Waals surface area contributed by atoms with Crippen molar-refractivity contribution in [1.29, 1.82) is 0 Å². The third kappa shape index (κ3) is 4.82. The first-order valence-electron chi connectivity index (χ1n) is 8.38. The summed E-state index contributed by atoms with van der Waals surface area (Å²) in [6, 6.07) is 9.57. The SMILES string of the molecule is CC1CCCN(CCNC(=O)C(C)C(N)c2ccccc2)C1. The zero-order valence-electron chi connectivity index (χ0n) is 13.8. The molecule has 1 fully saturated rings. The van der Waals surface area contributed by atoms with Crippen LogP contribution in [0.3, 0.4) is 0 Å². The Labute approximate surface area is 134 Å². The van der Waals surface area contributed by atoms with Gasteiger partial charge in [0, 0.05) is 25.7 Å². The Hall–Kier alpha value is -1.39. The number of hydrogen-bond acceptors (Lipinski definition) is 3. The Morgan fingerprint density at radius 3 is 2.82 bits per heavy atom. The maximum atomic E-state index is 12.3. The van der Waals surface area contributed by atoms with E-state index in [1.807, 2.05) is 37.3 Å². The van der Waals surface area contributed by atoms with Crippen molar-refractivity contribution < 1.29 is 4.79 Å². The molecule has 2 rings (SSSR count). The number of amides is 1. The van der Waals surface area contributed by atoms with Gasteiger partial charge in [0.25, 0.3) is 0 Å². The van der Waals surface area contributed by atoms with Gasteiger partial charge in [0.05, 0.1) is 5.92 Å². The average molecular weight is 303 g/mol. The van der Waals surface area contributed by atoms with Crippen LogP contribution >= 0.6 is 0 Å². The van der Waals surface area contributed by atoms with Crippen molar-refractivity contribution in [3.8, 4) is 0 Å². The molecule has 0 radical (unpaired) electrons. The van der Waals surface area contributed by atoms with Crippen molar-refractivity contribution >= 4 is 5.91 Å². The molecule has 22 heavy (non-hydrogen) atoms. The minimum absolute atomic E-state index is 0.0430. The first kappa shape index (κ1) is 17.0. The highest BCUT2D eigenvalue weighted by Crippen LogP contribution is 2.19. The molecule has 1 aromatic carbocycles. The van der Waals surface area contributed by atoms with Crippen LogP contribution in [0.25, 0.3) is 0 Å². The lowest BCUT2D eigenvalue weighted by molar-refractivity contribution is -0.125. The fraction of sp³-hybridized carbons (Fsp3) is 0.611. The van der Waals surface area contributed by atoms with Crippen LogP contribution in [-0.2, 0) is 4.79 Å². The maximum absolute atomic E-state index is 12.3. The zero-order chi connectivity index (χ0) is 15.9. The molecule has 1 aliphatic heterocycles. The van der Waals surface area contributed by atoms with E-state index < -0.39 is 0 Å². The molecular formula is C18H29N3O. The molecule has 4 heteroatoms. The minimum Gasteiger partial charge on any atom is -0.355 e. The fourth-order valence-corrected chi connectivity index (χ4v) is 3.12. The molecule has 3 atom stereocenters.